The van der Waals surface area contributed by atoms with Crippen molar-refractivity contribution in [2.75, 3.05) is 0 Å². The molecular formula is C22H18F4N6O2. The Bertz CT molecular complexity index is 1310. The Morgan fingerprint density at radius 3 is 2.50 bits per heavy atom. The number of carbonyl (C=O) groups excluding carboxylic acids is 1. The van der Waals surface area contributed by atoms with Crippen LogP contribution in [-0.2, 0) is 17.5 Å². The smallest absolute Gasteiger partial charge is 0.415 e. The quantitative estimate of drug-likeness (QED) is 0.412. The van der Waals surface area contributed by atoms with Crippen LogP contribution in [0.2, 0.25) is 0 Å². The molecule has 0 radical (unpaired) electrons. The van der Waals surface area contributed by atoms with Crippen LogP contribution in [0.4, 0.5) is 17.6 Å². The molecule has 0 aliphatic rings. The maximum absolute atomic E-state index is 13.4. The van der Waals surface area contributed by atoms with Gasteiger partial charge in [0.05, 0.1) is 11.7 Å². The molecule has 0 aliphatic heterocycles. The Morgan fingerprint density at radius 2 is 1.82 bits per heavy atom. The normalized spacial score (nSPS) is 12.5. The van der Waals surface area contributed by atoms with Crippen LogP contribution >= 0.6 is 0 Å². The summed E-state index contributed by atoms with van der Waals surface area (Å²) in [6, 6.07) is 11.7. The zero-order chi connectivity index (χ0) is 24.5. The van der Waals surface area contributed by atoms with Gasteiger partial charge in [-0.1, -0.05) is 12.1 Å². The number of nitrogens with zero attached hydrogens (tertiary/aromatic N) is 4. The van der Waals surface area contributed by atoms with E-state index in [-0.39, 0.29) is 35.6 Å². The van der Waals surface area contributed by atoms with E-state index >= 15 is 0 Å². The summed E-state index contributed by atoms with van der Waals surface area (Å²) in [5, 5.41) is 14.0. The summed E-state index contributed by atoms with van der Waals surface area (Å²) in [5.41, 5.74) is 5.56. The van der Waals surface area contributed by atoms with Crippen molar-refractivity contribution in [2.45, 2.75) is 25.7 Å². The standard InChI is InChI=1S/C22H18F4N6O2/c1-12(27)19(33)28-11-13-3-2-4-16(9-13)32-17(10-18(31-32)22(24,25)26)21-30-29-20(34-21)14-5-7-15(23)8-6-14/h2-10,12H,11,27H2,1H3,(H,28,33)/t12-/m0/s1. The van der Waals surface area contributed by atoms with Crippen LogP contribution < -0.4 is 11.1 Å². The minimum absolute atomic E-state index is 0.00340. The summed E-state index contributed by atoms with van der Waals surface area (Å²) < 4.78 is 60.1. The first kappa shape index (κ1) is 23.1. The second-order valence-corrected chi connectivity index (χ2v) is 7.42. The first-order valence-electron chi connectivity index (χ1n) is 10.0. The molecule has 0 bridgehead atoms. The van der Waals surface area contributed by atoms with Crippen LogP contribution in [0, 0.1) is 5.82 Å². The van der Waals surface area contributed by atoms with Gasteiger partial charge in [-0.15, -0.1) is 10.2 Å². The highest BCUT2D eigenvalue weighted by molar-refractivity contribution is 5.80. The SMILES string of the molecule is C[C@H](N)C(=O)NCc1cccc(-n2nc(C(F)(F)F)cc2-c2nnc(-c3ccc(F)cc3)o2)c1. The number of nitrogens with two attached hydrogens (primary N) is 1. The number of hydrogen-bond donors (Lipinski definition) is 2. The second-order valence-electron chi connectivity index (χ2n) is 7.42. The second kappa shape index (κ2) is 9.06. The molecule has 2 aromatic carbocycles. The first-order chi connectivity index (χ1) is 16.1. The third kappa shape index (κ3) is 4.96. The monoisotopic (exact) mass is 474 g/mol. The molecule has 2 heterocycles. The van der Waals surface area contributed by atoms with Gasteiger partial charge in [0.25, 0.3) is 5.89 Å². The summed E-state index contributed by atoms with van der Waals surface area (Å²) in [4.78, 5) is 11.7. The Labute approximate surface area is 190 Å². The molecular weight excluding hydrogens is 456 g/mol. The lowest BCUT2D eigenvalue weighted by Gasteiger charge is -2.10. The van der Waals surface area contributed by atoms with Gasteiger partial charge in [0.2, 0.25) is 11.8 Å². The Kier molecular flexibility index (Phi) is 6.16. The molecule has 0 fully saturated rings. The number of benzene rings is 2. The average Bonchev–Trinajstić information content (AvgIpc) is 3.45. The van der Waals surface area contributed by atoms with E-state index in [2.05, 4.69) is 20.6 Å². The molecule has 2 aromatic heterocycles. The summed E-state index contributed by atoms with van der Waals surface area (Å²) in [7, 11) is 0. The largest absolute Gasteiger partial charge is 0.435 e. The molecule has 0 aliphatic carbocycles. The number of aromatic nitrogens is 4. The molecule has 1 amide bonds. The highest BCUT2D eigenvalue weighted by Crippen LogP contribution is 2.33. The predicted octanol–water partition coefficient (Wildman–Crippen LogP) is 3.71. The van der Waals surface area contributed by atoms with E-state index in [4.69, 9.17) is 10.2 Å². The van der Waals surface area contributed by atoms with E-state index < -0.39 is 23.7 Å². The van der Waals surface area contributed by atoms with Crippen molar-refractivity contribution < 1.29 is 26.8 Å². The number of carbonyl (C=O) groups is 1. The lowest BCUT2D eigenvalue weighted by Crippen LogP contribution is -2.37. The highest BCUT2D eigenvalue weighted by Gasteiger charge is 2.36. The van der Waals surface area contributed by atoms with Crippen molar-refractivity contribution in [1.29, 1.82) is 0 Å². The molecule has 176 valence electrons. The number of amides is 1. The van der Waals surface area contributed by atoms with Gasteiger partial charge >= 0.3 is 6.18 Å². The van der Waals surface area contributed by atoms with Crippen LogP contribution in [0.3, 0.4) is 0 Å². The van der Waals surface area contributed by atoms with Crippen molar-refractivity contribution in [3.05, 3.63) is 71.7 Å². The van der Waals surface area contributed by atoms with Gasteiger partial charge < -0.3 is 15.5 Å². The van der Waals surface area contributed by atoms with E-state index in [1.54, 1.807) is 24.3 Å². The Hall–Kier alpha value is -4.06. The third-order valence-electron chi connectivity index (χ3n) is 4.77. The highest BCUT2D eigenvalue weighted by atomic mass is 19.4. The molecule has 0 saturated heterocycles. The Morgan fingerprint density at radius 1 is 1.12 bits per heavy atom. The molecule has 34 heavy (non-hydrogen) atoms. The summed E-state index contributed by atoms with van der Waals surface area (Å²) in [5.74, 6) is -1.04. The number of hydrogen-bond acceptors (Lipinski definition) is 6. The lowest BCUT2D eigenvalue weighted by molar-refractivity contribution is -0.141. The molecule has 0 unspecified atom stereocenters. The van der Waals surface area contributed by atoms with Gasteiger partial charge in [-0.05, 0) is 48.9 Å². The van der Waals surface area contributed by atoms with Crippen molar-refractivity contribution in [1.82, 2.24) is 25.3 Å². The molecule has 1 atom stereocenters. The Balaban J connectivity index is 1.72. The van der Waals surface area contributed by atoms with Crippen LogP contribution in [-0.4, -0.2) is 31.9 Å². The number of alkyl halides is 3. The minimum atomic E-state index is -4.72. The van der Waals surface area contributed by atoms with E-state index in [1.165, 1.54) is 31.2 Å². The fourth-order valence-corrected chi connectivity index (χ4v) is 3.05. The fourth-order valence-electron chi connectivity index (χ4n) is 3.05. The van der Waals surface area contributed by atoms with E-state index in [0.717, 1.165) is 10.7 Å². The summed E-state index contributed by atoms with van der Waals surface area (Å²) in [6.45, 7) is 1.65. The maximum atomic E-state index is 13.4. The van der Waals surface area contributed by atoms with E-state index in [9.17, 15) is 22.4 Å². The average molecular weight is 474 g/mol. The van der Waals surface area contributed by atoms with Crippen LogP contribution in [0.1, 0.15) is 18.2 Å². The van der Waals surface area contributed by atoms with Crippen LogP contribution in [0.5, 0.6) is 0 Å². The van der Waals surface area contributed by atoms with Crippen molar-refractivity contribution in [3.63, 3.8) is 0 Å². The zero-order valence-electron chi connectivity index (χ0n) is 17.7. The van der Waals surface area contributed by atoms with Gasteiger partial charge in [0.15, 0.2) is 5.69 Å². The van der Waals surface area contributed by atoms with E-state index in [0.29, 0.717) is 11.1 Å². The number of halogens is 4. The molecule has 4 rings (SSSR count). The molecule has 4 aromatic rings. The fraction of sp³-hybridized carbons (Fsp3) is 0.182. The summed E-state index contributed by atoms with van der Waals surface area (Å²) in [6.07, 6.45) is -4.72. The number of nitrogens with one attached hydrogen (secondary N) is 1. The topological polar surface area (TPSA) is 112 Å². The van der Waals surface area contributed by atoms with Crippen molar-refractivity contribution in [2.24, 2.45) is 5.73 Å². The maximum Gasteiger partial charge on any atom is 0.435 e. The van der Waals surface area contributed by atoms with E-state index in [1.807, 2.05) is 0 Å². The van der Waals surface area contributed by atoms with Gasteiger partial charge in [-0.2, -0.15) is 18.3 Å². The molecule has 12 heteroatoms. The molecule has 8 nitrogen and oxygen atoms in total. The van der Waals surface area contributed by atoms with Crippen molar-refractivity contribution in [3.8, 4) is 28.7 Å². The lowest BCUT2D eigenvalue weighted by atomic mass is 10.2. The molecule has 0 spiro atoms. The van der Waals surface area contributed by atoms with Gasteiger partial charge in [0, 0.05) is 18.2 Å². The minimum Gasteiger partial charge on any atom is -0.415 e. The third-order valence-corrected chi connectivity index (χ3v) is 4.77. The van der Waals surface area contributed by atoms with Crippen molar-refractivity contribution >= 4 is 5.91 Å². The van der Waals surface area contributed by atoms with Gasteiger partial charge in [-0.3, -0.25) is 4.79 Å². The number of rotatable bonds is 6. The zero-order valence-corrected chi connectivity index (χ0v) is 17.7. The summed E-state index contributed by atoms with van der Waals surface area (Å²) >= 11 is 0. The van der Waals surface area contributed by atoms with Crippen LogP contribution in [0.15, 0.2) is 59.0 Å². The van der Waals surface area contributed by atoms with Crippen LogP contribution in [0.25, 0.3) is 28.7 Å². The van der Waals surface area contributed by atoms with Gasteiger partial charge in [0.1, 0.15) is 11.5 Å². The molecule has 3 N–H and O–H groups in total. The first-order valence-corrected chi connectivity index (χ1v) is 10.0. The van der Waals surface area contributed by atoms with Gasteiger partial charge in [-0.25, -0.2) is 9.07 Å². The predicted molar refractivity (Wildman–Crippen MR) is 113 cm³/mol. The molecule has 0 saturated carbocycles.